The zero-order valence-corrected chi connectivity index (χ0v) is 9.96. The number of nitrogens with zero attached hydrogens (tertiary/aromatic N) is 3. The smallest absolute Gasteiger partial charge is 0.205 e. The van der Waals surface area contributed by atoms with Gasteiger partial charge in [0.1, 0.15) is 12.2 Å². The SMILES string of the molecule is CC(C)Cn1ncnc1CC(=O)c1ccco1. The van der Waals surface area contributed by atoms with E-state index in [9.17, 15) is 4.79 Å². The zero-order valence-electron chi connectivity index (χ0n) is 9.96. The van der Waals surface area contributed by atoms with Gasteiger partial charge in [0.05, 0.1) is 12.7 Å². The fourth-order valence-corrected chi connectivity index (χ4v) is 1.59. The minimum Gasteiger partial charge on any atom is -0.461 e. The second-order valence-electron chi connectivity index (χ2n) is 4.33. The van der Waals surface area contributed by atoms with Gasteiger partial charge in [0, 0.05) is 6.54 Å². The van der Waals surface area contributed by atoms with Gasteiger partial charge in [0.2, 0.25) is 5.78 Å². The highest BCUT2D eigenvalue weighted by Gasteiger charge is 2.14. The van der Waals surface area contributed by atoms with Gasteiger partial charge in [-0.2, -0.15) is 5.10 Å². The Morgan fingerprint density at radius 2 is 2.35 bits per heavy atom. The highest BCUT2D eigenvalue weighted by atomic mass is 16.3. The number of furan rings is 1. The lowest BCUT2D eigenvalue weighted by molar-refractivity contribution is 0.0962. The van der Waals surface area contributed by atoms with Crippen molar-refractivity contribution >= 4 is 5.78 Å². The molecule has 0 saturated carbocycles. The number of ketones is 1. The van der Waals surface area contributed by atoms with Crippen molar-refractivity contribution in [2.75, 3.05) is 0 Å². The van der Waals surface area contributed by atoms with Crippen LogP contribution in [-0.4, -0.2) is 20.5 Å². The van der Waals surface area contributed by atoms with Gasteiger partial charge in [-0.1, -0.05) is 13.8 Å². The standard InChI is InChI=1S/C12H15N3O2/c1-9(2)7-15-12(13-8-14-15)6-10(16)11-4-3-5-17-11/h3-5,8-9H,6-7H2,1-2H3. The summed E-state index contributed by atoms with van der Waals surface area (Å²) in [7, 11) is 0. The maximum absolute atomic E-state index is 11.8. The van der Waals surface area contributed by atoms with Crippen molar-refractivity contribution in [3.05, 3.63) is 36.3 Å². The van der Waals surface area contributed by atoms with Gasteiger partial charge in [0.25, 0.3) is 0 Å². The normalized spacial score (nSPS) is 11.0. The summed E-state index contributed by atoms with van der Waals surface area (Å²) in [5.74, 6) is 1.44. The lowest BCUT2D eigenvalue weighted by Crippen LogP contribution is -2.14. The van der Waals surface area contributed by atoms with E-state index in [1.54, 1.807) is 16.8 Å². The van der Waals surface area contributed by atoms with Crippen molar-refractivity contribution in [2.24, 2.45) is 5.92 Å². The maximum atomic E-state index is 11.8. The molecule has 0 amide bonds. The van der Waals surface area contributed by atoms with E-state index in [2.05, 4.69) is 23.9 Å². The molecule has 0 fully saturated rings. The summed E-state index contributed by atoms with van der Waals surface area (Å²) in [6.45, 7) is 4.96. The van der Waals surface area contributed by atoms with Crippen LogP contribution in [0.4, 0.5) is 0 Å². The van der Waals surface area contributed by atoms with Gasteiger partial charge in [-0.05, 0) is 18.1 Å². The van der Waals surface area contributed by atoms with Gasteiger partial charge < -0.3 is 4.42 Å². The van der Waals surface area contributed by atoms with Crippen molar-refractivity contribution < 1.29 is 9.21 Å². The third-order valence-corrected chi connectivity index (χ3v) is 2.35. The molecule has 0 aliphatic rings. The summed E-state index contributed by atoms with van der Waals surface area (Å²) < 4.78 is 6.83. The summed E-state index contributed by atoms with van der Waals surface area (Å²) in [4.78, 5) is 15.9. The first-order chi connectivity index (χ1) is 8.16. The third kappa shape index (κ3) is 2.81. The number of Topliss-reactive ketones (excluding diaryl/α,β-unsaturated/α-hetero) is 1. The molecule has 0 saturated heterocycles. The van der Waals surface area contributed by atoms with Crippen molar-refractivity contribution in [2.45, 2.75) is 26.8 Å². The van der Waals surface area contributed by atoms with E-state index in [0.717, 1.165) is 6.54 Å². The molecule has 0 radical (unpaired) electrons. The van der Waals surface area contributed by atoms with E-state index in [4.69, 9.17) is 4.42 Å². The molecular formula is C12H15N3O2. The van der Waals surface area contributed by atoms with Gasteiger partial charge in [0.15, 0.2) is 5.76 Å². The van der Waals surface area contributed by atoms with E-state index >= 15 is 0 Å². The molecule has 2 aromatic heterocycles. The number of aromatic nitrogens is 3. The van der Waals surface area contributed by atoms with Gasteiger partial charge in [-0.25, -0.2) is 9.67 Å². The van der Waals surface area contributed by atoms with Crippen molar-refractivity contribution in [3.8, 4) is 0 Å². The summed E-state index contributed by atoms with van der Waals surface area (Å²) in [6, 6.07) is 3.36. The largest absolute Gasteiger partial charge is 0.461 e. The lowest BCUT2D eigenvalue weighted by Gasteiger charge is -2.07. The Kier molecular flexibility index (Phi) is 3.37. The van der Waals surface area contributed by atoms with Crippen LogP contribution in [0, 0.1) is 5.92 Å². The molecule has 90 valence electrons. The van der Waals surface area contributed by atoms with Crippen LogP contribution in [0.5, 0.6) is 0 Å². The van der Waals surface area contributed by atoms with Crippen LogP contribution in [0.25, 0.3) is 0 Å². The Morgan fingerprint density at radius 1 is 1.53 bits per heavy atom. The van der Waals surface area contributed by atoms with Gasteiger partial charge in [-0.3, -0.25) is 4.79 Å². The lowest BCUT2D eigenvalue weighted by atomic mass is 10.2. The zero-order chi connectivity index (χ0) is 12.3. The molecule has 0 spiro atoms. The van der Waals surface area contributed by atoms with E-state index in [1.807, 2.05) is 0 Å². The molecule has 0 aliphatic heterocycles. The number of carbonyl (C=O) groups is 1. The Labute approximate surface area is 99.5 Å². The highest BCUT2D eigenvalue weighted by Crippen LogP contribution is 2.07. The van der Waals surface area contributed by atoms with Crippen molar-refractivity contribution in [1.29, 1.82) is 0 Å². The minimum absolute atomic E-state index is 0.0759. The van der Waals surface area contributed by atoms with Crippen LogP contribution in [0.1, 0.15) is 30.2 Å². The number of rotatable bonds is 5. The van der Waals surface area contributed by atoms with Crippen LogP contribution in [0.2, 0.25) is 0 Å². The molecule has 5 nitrogen and oxygen atoms in total. The van der Waals surface area contributed by atoms with Crippen LogP contribution in [0.3, 0.4) is 0 Å². The monoisotopic (exact) mass is 233 g/mol. The van der Waals surface area contributed by atoms with Gasteiger partial charge in [-0.15, -0.1) is 0 Å². The highest BCUT2D eigenvalue weighted by molar-refractivity contribution is 5.94. The Bertz CT molecular complexity index is 486. The molecule has 0 aliphatic carbocycles. The molecule has 2 aromatic rings. The average Bonchev–Trinajstić information content (AvgIpc) is 2.89. The maximum Gasteiger partial charge on any atom is 0.205 e. The fraction of sp³-hybridized carbons (Fsp3) is 0.417. The number of hydrogen-bond donors (Lipinski definition) is 0. The fourth-order valence-electron chi connectivity index (χ4n) is 1.59. The molecule has 0 unspecified atom stereocenters. The number of hydrogen-bond acceptors (Lipinski definition) is 4. The Morgan fingerprint density at radius 3 is 3.00 bits per heavy atom. The first kappa shape index (κ1) is 11.6. The topological polar surface area (TPSA) is 60.9 Å². The predicted octanol–water partition coefficient (Wildman–Crippen LogP) is 1.95. The van der Waals surface area contributed by atoms with Gasteiger partial charge >= 0.3 is 0 Å². The summed E-state index contributed by atoms with van der Waals surface area (Å²) in [5.41, 5.74) is 0. The molecule has 0 atom stereocenters. The van der Waals surface area contributed by atoms with E-state index < -0.39 is 0 Å². The minimum atomic E-state index is -0.0759. The second kappa shape index (κ2) is 4.95. The quantitative estimate of drug-likeness (QED) is 0.740. The first-order valence-electron chi connectivity index (χ1n) is 5.60. The number of carbonyl (C=O) groups excluding carboxylic acids is 1. The molecular weight excluding hydrogens is 218 g/mol. The van der Waals surface area contributed by atoms with E-state index in [1.165, 1.54) is 12.6 Å². The predicted molar refractivity (Wildman–Crippen MR) is 61.6 cm³/mol. The second-order valence-corrected chi connectivity index (χ2v) is 4.33. The summed E-state index contributed by atoms with van der Waals surface area (Å²) in [6.07, 6.45) is 3.19. The van der Waals surface area contributed by atoms with Crippen LogP contribution in [-0.2, 0) is 13.0 Å². The molecule has 0 N–H and O–H groups in total. The third-order valence-electron chi connectivity index (χ3n) is 2.35. The van der Waals surface area contributed by atoms with Crippen LogP contribution in [0.15, 0.2) is 29.1 Å². The van der Waals surface area contributed by atoms with E-state index in [-0.39, 0.29) is 12.2 Å². The molecule has 17 heavy (non-hydrogen) atoms. The molecule has 5 heteroatoms. The Hall–Kier alpha value is -1.91. The molecule has 0 bridgehead atoms. The van der Waals surface area contributed by atoms with E-state index in [0.29, 0.717) is 17.5 Å². The summed E-state index contributed by atoms with van der Waals surface area (Å²) >= 11 is 0. The Balaban J connectivity index is 2.08. The van der Waals surface area contributed by atoms with Crippen LogP contribution >= 0.6 is 0 Å². The molecule has 0 aromatic carbocycles. The average molecular weight is 233 g/mol. The molecule has 2 heterocycles. The van der Waals surface area contributed by atoms with Crippen molar-refractivity contribution in [3.63, 3.8) is 0 Å². The first-order valence-corrected chi connectivity index (χ1v) is 5.60. The summed E-state index contributed by atoms with van der Waals surface area (Å²) in [5, 5.41) is 4.11. The van der Waals surface area contributed by atoms with Crippen LogP contribution < -0.4 is 0 Å². The van der Waals surface area contributed by atoms with Crippen molar-refractivity contribution in [1.82, 2.24) is 14.8 Å². The molecule has 2 rings (SSSR count).